The van der Waals surface area contributed by atoms with Crippen LogP contribution in [0.5, 0.6) is 0 Å². The van der Waals surface area contributed by atoms with Gasteiger partial charge in [0.05, 0.1) is 17.5 Å². The first-order chi connectivity index (χ1) is 14.0. The van der Waals surface area contributed by atoms with Gasteiger partial charge in [0, 0.05) is 6.54 Å². The second kappa shape index (κ2) is 8.41. The number of hydrogen-bond donors (Lipinski definition) is 0. The molecule has 1 aromatic heterocycles. The molecule has 5 nitrogen and oxygen atoms in total. The fourth-order valence-corrected chi connectivity index (χ4v) is 4.85. The highest BCUT2D eigenvalue weighted by Crippen LogP contribution is 2.33. The van der Waals surface area contributed by atoms with E-state index in [0.717, 1.165) is 41.6 Å². The molecule has 1 saturated heterocycles. The Morgan fingerprint density at radius 2 is 1.90 bits per heavy atom. The molecular formula is C23H26N4OS. The van der Waals surface area contributed by atoms with Crippen LogP contribution in [0, 0.1) is 20.8 Å². The molecule has 0 bridgehead atoms. The second-order valence-corrected chi connectivity index (χ2v) is 8.54. The average Bonchev–Trinajstić information content (AvgIpc) is 3.36. The lowest BCUT2D eigenvalue weighted by molar-refractivity contribution is -0.129. The van der Waals surface area contributed by atoms with Gasteiger partial charge in [-0.3, -0.25) is 9.36 Å². The Hall–Kier alpha value is -2.60. The SMILES string of the molecule is Cc1ccc(C)c(-n2c(C)nnc2SCC(=O)N2CCCC2c2ccccc2)c1. The number of carbonyl (C=O) groups excluding carboxylic acids is 1. The number of amides is 1. The highest BCUT2D eigenvalue weighted by atomic mass is 32.2. The van der Waals surface area contributed by atoms with Crippen LogP contribution in [-0.4, -0.2) is 37.9 Å². The van der Waals surface area contributed by atoms with Crippen molar-refractivity contribution in [2.75, 3.05) is 12.3 Å². The van der Waals surface area contributed by atoms with Crippen molar-refractivity contribution in [3.63, 3.8) is 0 Å². The van der Waals surface area contributed by atoms with Crippen LogP contribution in [0.3, 0.4) is 0 Å². The van der Waals surface area contributed by atoms with Gasteiger partial charge in [0.1, 0.15) is 5.82 Å². The molecule has 150 valence electrons. The van der Waals surface area contributed by atoms with Gasteiger partial charge < -0.3 is 4.90 Å². The van der Waals surface area contributed by atoms with Gasteiger partial charge in [-0.05, 0) is 56.4 Å². The zero-order valence-electron chi connectivity index (χ0n) is 17.1. The summed E-state index contributed by atoms with van der Waals surface area (Å²) in [4.78, 5) is 15.0. The maximum Gasteiger partial charge on any atom is 0.233 e. The molecule has 1 atom stereocenters. The lowest BCUT2D eigenvalue weighted by Gasteiger charge is -2.25. The van der Waals surface area contributed by atoms with Gasteiger partial charge in [-0.1, -0.05) is 54.2 Å². The highest BCUT2D eigenvalue weighted by Gasteiger charge is 2.30. The van der Waals surface area contributed by atoms with Crippen molar-refractivity contribution < 1.29 is 4.79 Å². The molecule has 4 rings (SSSR count). The monoisotopic (exact) mass is 406 g/mol. The molecule has 1 fully saturated rings. The van der Waals surface area contributed by atoms with E-state index in [4.69, 9.17) is 0 Å². The summed E-state index contributed by atoms with van der Waals surface area (Å²) in [5, 5.41) is 9.38. The van der Waals surface area contributed by atoms with E-state index in [2.05, 4.69) is 58.9 Å². The van der Waals surface area contributed by atoms with E-state index in [-0.39, 0.29) is 11.9 Å². The predicted octanol–water partition coefficient (Wildman–Crippen LogP) is 4.65. The normalized spacial score (nSPS) is 16.4. The third-order valence-electron chi connectivity index (χ3n) is 5.48. The van der Waals surface area contributed by atoms with Crippen LogP contribution in [0.25, 0.3) is 5.69 Å². The van der Waals surface area contributed by atoms with Gasteiger partial charge >= 0.3 is 0 Å². The maximum atomic E-state index is 13.0. The van der Waals surface area contributed by atoms with Crippen molar-refractivity contribution in [3.8, 4) is 5.69 Å². The molecule has 1 amide bonds. The first-order valence-electron chi connectivity index (χ1n) is 10.0. The largest absolute Gasteiger partial charge is 0.335 e. The smallest absolute Gasteiger partial charge is 0.233 e. The van der Waals surface area contributed by atoms with Crippen LogP contribution in [-0.2, 0) is 4.79 Å². The van der Waals surface area contributed by atoms with Crippen molar-refractivity contribution in [1.29, 1.82) is 0 Å². The number of thioether (sulfide) groups is 1. The molecule has 2 heterocycles. The van der Waals surface area contributed by atoms with Crippen LogP contribution in [0.1, 0.15) is 41.4 Å². The number of rotatable bonds is 5. The summed E-state index contributed by atoms with van der Waals surface area (Å²) < 4.78 is 2.05. The number of likely N-dealkylation sites (tertiary alicyclic amines) is 1. The molecule has 1 unspecified atom stereocenters. The topological polar surface area (TPSA) is 51.0 Å². The van der Waals surface area contributed by atoms with E-state index in [9.17, 15) is 4.79 Å². The van der Waals surface area contributed by atoms with Gasteiger partial charge in [0.25, 0.3) is 0 Å². The first kappa shape index (κ1) is 19.7. The Balaban J connectivity index is 1.51. The van der Waals surface area contributed by atoms with E-state index in [0.29, 0.717) is 5.75 Å². The third-order valence-corrected chi connectivity index (χ3v) is 6.40. The molecule has 2 aromatic carbocycles. The van der Waals surface area contributed by atoms with E-state index in [1.807, 2.05) is 30.0 Å². The fourth-order valence-electron chi connectivity index (χ4n) is 3.97. The van der Waals surface area contributed by atoms with E-state index >= 15 is 0 Å². The van der Waals surface area contributed by atoms with Crippen LogP contribution >= 0.6 is 11.8 Å². The summed E-state index contributed by atoms with van der Waals surface area (Å²) in [6.45, 7) is 6.94. The van der Waals surface area contributed by atoms with Gasteiger partial charge in [-0.25, -0.2) is 0 Å². The maximum absolute atomic E-state index is 13.0. The molecule has 1 aliphatic rings. The van der Waals surface area contributed by atoms with E-state index in [1.54, 1.807) is 0 Å². The molecule has 29 heavy (non-hydrogen) atoms. The zero-order chi connectivity index (χ0) is 20.4. The van der Waals surface area contributed by atoms with Gasteiger partial charge in [-0.2, -0.15) is 0 Å². The van der Waals surface area contributed by atoms with Crippen LogP contribution in [0.2, 0.25) is 0 Å². The number of aromatic nitrogens is 3. The molecule has 0 saturated carbocycles. The van der Waals surface area contributed by atoms with Crippen molar-refractivity contribution in [3.05, 3.63) is 71.0 Å². The average molecular weight is 407 g/mol. The Bertz CT molecular complexity index is 1010. The summed E-state index contributed by atoms with van der Waals surface area (Å²) >= 11 is 1.47. The Kier molecular flexibility index (Phi) is 5.72. The van der Waals surface area contributed by atoms with Crippen molar-refractivity contribution in [2.24, 2.45) is 0 Å². The summed E-state index contributed by atoms with van der Waals surface area (Å²) in [7, 11) is 0. The van der Waals surface area contributed by atoms with Gasteiger partial charge in [0.2, 0.25) is 5.91 Å². The second-order valence-electron chi connectivity index (χ2n) is 7.60. The minimum absolute atomic E-state index is 0.162. The molecule has 0 aliphatic carbocycles. The molecule has 0 spiro atoms. The molecule has 6 heteroatoms. The minimum atomic E-state index is 0.162. The molecule has 3 aromatic rings. The van der Waals surface area contributed by atoms with Crippen LogP contribution in [0.15, 0.2) is 53.7 Å². The molecular weight excluding hydrogens is 380 g/mol. The Morgan fingerprint density at radius 3 is 2.69 bits per heavy atom. The van der Waals surface area contributed by atoms with Gasteiger partial charge in [-0.15, -0.1) is 10.2 Å². The van der Waals surface area contributed by atoms with Crippen molar-refractivity contribution in [1.82, 2.24) is 19.7 Å². The third kappa shape index (κ3) is 4.08. The molecule has 1 aliphatic heterocycles. The van der Waals surface area contributed by atoms with Gasteiger partial charge in [0.15, 0.2) is 5.16 Å². The summed E-state index contributed by atoms with van der Waals surface area (Å²) in [5.74, 6) is 1.36. The van der Waals surface area contributed by atoms with E-state index < -0.39 is 0 Å². The number of aryl methyl sites for hydroxylation is 3. The number of nitrogens with zero attached hydrogens (tertiary/aromatic N) is 4. The summed E-state index contributed by atoms with van der Waals surface area (Å²) in [6, 6.07) is 16.9. The summed E-state index contributed by atoms with van der Waals surface area (Å²) in [6.07, 6.45) is 2.08. The Labute approximate surface area is 176 Å². The van der Waals surface area contributed by atoms with Crippen molar-refractivity contribution in [2.45, 2.75) is 44.8 Å². The molecule has 0 N–H and O–H groups in total. The quantitative estimate of drug-likeness (QED) is 0.579. The predicted molar refractivity (Wildman–Crippen MR) is 116 cm³/mol. The van der Waals surface area contributed by atoms with Crippen LogP contribution in [0.4, 0.5) is 0 Å². The molecule has 0 radical (unpaired) electrons. The first-order valence-corrected chi connectivity index (χ1v) is 11.0. The number of hydrogen-bond acceptors (Lipinski definition) is 4. The minimum Gasteiger partial charge on any atom is -0.335 e. The standard InChI is InChI=1S/C23H26N4OS/c1-16-11-12-17(2)21(14-16)27-18(3)24-25-23(27)29-15-22(28)26-13-7-10-20(26)19-8-5-4-6-9-19/h4-6,8-9,11-12,14,20H,7,10,13,15H2,1-3H3. The fraction of sp³-hybridized carbons (Fsp3) is 0.348. The number of carbonyl (C=O) groups is 1. The summed E-state index contributed by atoms with van der Waals surface area (Å²) in [5.41, 5.74) is 4.65. The lowest BCUT2D eigenvalue weighted by atomic mass is 10.0. The number of benzene rings is 2. The highest BCUT2D eigenvalue weighted by molar-refractivity contribution is 7.99. The van der Waals surface area contributed by atoms with Crippen molar-refractivity contribution >= 4 is 17.7 Å². The zero-order valence-corrected chi connectivity index (χ0v) is 17.9. The van der Waals surface area contributed by atoms with Crippen LogP contribution < -0.4 is 0 Å². The Morgan fingerprint density at radius 1 is 1.10 bits per heavy atom. The lowest BCUT2D eigenvalue weighted by Crippen LogP contribution is -2.32. The van der Waals surface area contributed by atoms with E-state index in [1.165, 1.54) is 22.9 Å².